The van der Waals surface area contributed by atoms with Crippen LogP contribution in [0.3, 0.4) is 0 Å². The van der Waals surface area contributed by atoms with Crippen LogP contribution >= 0.6 is 0 Å². The molecule has 7 heteroatoms. The van der Waals surface area contributed by atoms with Crippen LogP contribution in [0.5, 0.6) is 0 Å². The number of carbonyl (C=O) groups is 2. The lowest BCUT2D eigenvalue weighted by molar-refractivity contribution is -0.139. The molecule has 0 aliphatic carbocycles. The van der Waals surface area contributed by atoms with Crippen molar-refractivity contribution in [3.05, 3.63) is 36.2 Å². The number of likely N-dealkylation sites (tertiary alicyclic amines) is 1. The molecule has 3 rings (SSSR count). The highest BCUT2D eigenvalue weighted by Gasteiger charge is 2.27. The molecule has 1 aromatic carbocycles. The SMILES string of the molecule is CC(=O)N(C)CC(=O)N1CCC[C@H](c2nc(-c3ccccc3)n[nH]2)C1. The average molecular weight is 341 g/mol. The zero-order chi connectivity index (χ0) is 17.8. The lowest BCUT2D eigenvalue weighted by Gasteiger charge is -2.32. The van der Waals surface area contributed by atoms with Crippen molar-refractivity contribution in [2.24, 2.45) is 0 Å². The van der Waals surface area contributed by atoms with Gasteiger partial charge in [0.25, 0.3) is 0 Å². The van der Waals surface area contributed by atoms with Crippen LogP contribution in [0.1, 0.15) is 31.5 Å². The number of benzene rings is 1. The molecule has 0 saturated carbocycles. The summed E-state index contributed by atoms with van der Waals surface area (Å²) in [7, 11) is 1.64. The van der Waals surface area contributed by atoms with Crippen molar-refractivity contribution in [3.8, 4) is 11.4 Å². The minimum Gasteiger partial charge on any atom is -0.340 e. The molecule has 25 heavy (non-hydrogen) atoms. The average Bonchev–Trinajstić information content (AvgIpc) is 3.12. The fourth-order valence-corrected chi connectivity index (χ4v) is 3.01. The van der Waals surface area contributed by atoms with E-state index in [1.54, 1.807) is 7.05 Å². The van der Waals surface area contributed by atoms with Crippen molar-refractivity contribution in [1.29, 1.82) is 0 Å². The third kappa shape index (κ3) is 4.04. The Bertz CT molecular complexity index is 743. The molecule has 1 fully saturated rings. The number of carbonyl (C=O) groups excluding carboxylic acids is 2. The molecule has 1 N–H and O–H groups in total. The Morgan fingerprint density at radius 2 is 2.08 bits per heavy atom. The molecule has 1 atom stereocenters. The van der Waals surface area contributed by atoms with E-state index in [9.17, 15) is 9.59 Å². The lowest BCUT2D eigenvalue weighted by Crippen LogP contribution is -2.44. The summed E-state index contributed by atoms with van der Waals surface area (Å²) in [5.74, 6) is 1.51. The molecule has 0 unspecified atom stereocenters. The van der Waals surface area contributed by atoms with Crippen molar-refractivity contribution >= 4 is 11.8 Å². The van der Waals surface area contributed by atoms with Gasteiger partial charge >= 0.3 is 0 Å². The second-order valence-electron chi connectivity index (χ2n) is 6.46. The number of amides is 2. The number of hydrogen-bond donors (Lipinski definition) is 1. The quantitative estimate of drug-likeness (QED) is 0.917. The Hall–Kier alpha value is -2.70. The van der Waals surface area contributed by atoms with Crippen molar-refractivity contribution in [1.82, 2.24) is 25.0 Å². The Balaban J connectivity index is 1.66. The van der Waals surface area contributed by atoms with Gasteiger partial charge in [0.05, 0.1) is 6.54 Å². The van der Waals surface area contributed by atoms with Gasteiger partial charge < -0.3 is 9.80 Å². The number of H-pyrrole nitrogens is 1. The van der Waals surface area contributed by atoms with E-state index in [0.717, 1.165) is 30.8 Å². The van der Waals surface area contributed by atoms with Crippen LogP contribution in [-0.2, 0) is 9.59 Å². The molecule has 0 bridgehead atoms. The number of piperidine rings is 1. The van der Waals surface area contributed by atoms with Gasteiger partial charge in [-0.25, -0.2) is 4.98 Å². The van der Waals surface area contributed by atoms with Crippen molar-refractivity contribution in [2.75, 3.05) is 26.7 Å². The maximum absolute atomic E-state index is 12.4. The van der Waals surface area contributed by atoms with Gasteiger partial charge in [0, 0.05) is 38.5 Å². The lowest BCUT2D eigenvalue weighted by atomic mass is 9.97. The molecule has 132 valence electrons. The predicted octanol–water partition coefficient (Wildman–Crippen LogP) is 1.66. The number of aromatic amines is 1. The van der Waals surface area contributed by atoms with E-state index in [1.165, 1.54) is 11.8 Å². The van der Waals surface area contributed by atoms with Crippen LogP contribution in [0.4, 0.5) is 0 Å². The van der Waals surface area contributed by atoms with Gasteiger partial charge in [0.1, 0.15) is 5.82 Å². The summed E-state index contributed by atoms with van der Waals surface area (Å²) in [6.45, 7) is 2.91. The highest BCUT2D eigenvalue weighted by atomic mass is 16.2. The largest absolute Gasteiger partial charge is 0.340 e. The molecular formula is C18H23N5O2. The summed E-state index contributed by atoms with van der Waals surface area (Å²) < 4.78 is 0. The summed E-state index contributed by atoms with van der Waals surface area (Å²) in [6, 6.07) is 9.82. The summed E-state index contributed by atoms with van der Waals surface area (Å²) in [5, 5.41) is 7.34. The van der Waals surface area contributed by atoms with E-state index in [1.807, 2.05) is 35.2 Å². The number of rotatable bonds is 4. The van der Waals surface area contributed by atoms with Gasteiger partial charge in [-0.1, -0.05) is 30.3 Å². The van der Waals surface area contributed by atoms with E-state index in [0.29, 0.717) is 12.4 Å². The number of likely N-dealkylation sites (N-methyl/N-ethyl adjacent to an activating group) is 1. The third-order valence-electron chi connectivity index (χ3n) is 4.61. The van der Waals surface area contributed by atoms with Crippen LogP contribution < -0.4 is 0 Å². The minimum atomic E-state index is -0.107. The van der Waals surface area contributed by atoms with E-state index in [-0.39, 0.29) is 24.3 Å². The third-order valence-corrected chi connectivity index (χ3v) is 4.61. The second kappa shape index (κ2) is 7.46. The predicted molar refractivity (Wildman–Crippen MR) is 93.7 cm³/mol. The summed E-state index contributed by atoms with van der Waals surface area (Å²) in [6.07, 6.45) is 1.89. The van der Waals surface area contributed by atoms with Crippen LogP contribution in [0.2, 0.25) is 0 Å². The Morgan fingerprint density at radius 3 is 2.80 bits per heavy atom. The Labute approximate surface area is 147 Å². The first kappa shape index (κ1) is 17.1. The minimum absolute atomic E-state index is 0.0230. The van der Waals surface area contributed by atoms with Gasteiger partial charge in [-0.2, -0.15) is 5.10 Å². The number of nitrogens with zero attached hydrogens (tertiary/aromatic N) is 4. The van der Waals surface area contributed by atoms with E-state index in [2.05, 4.69) is 15.2 Å². The first-order valence-corrected chi connectivity index (χ1v) is 8.52. The van der Waals surface area contributed by atoms with Crippen molar-refractivity contribution in [2.45, 2.75) is 25.7 Å². The molecule has 1 aliphatic rings. The maximum Gasteiger partial charge on any atom is 0.242 e. The highest BCUT2D eigenvalue weighted by molar-refractivity contribution is 5.83. The number of hydrogen-bond acceptors (Lipinski definition) is 4. The van der Waals surface area contributed by atoms with Crippen LogP contribution in [0, 0.1) is 0 Å². The molecule has 2 heterocycles. The zero-order valence-corrected chi connectivity index (χ0v) is 14.6. The number of nitrogens with one attached hydrogen (secondary N) is 1. The van der Waals surface area contributed by atoms with E-state index in [4.69, 9.17) is 0 Å². The van der Waals surface area contributed by atoms with Gasteiger partial charge in [-0.15, -0.1) is 0 Å². The summed E-state index contributed by atoms with van der Waals surface area (Å²) >= 11 is 0. The first-order chi connectivity index (χ1) is 12.0. The highest BCUT2D eigenvalue weighted by Crippen LogP contribution is 2.26. The summed E-state index contributed by atoms with van der Waals surface area (Å²) in [5.41, 5.74) is 0.969. The molecule has 1 saturated heterocycles. The standard InChI is InChI=1S/C18H23N5O2/c1-13(24)22(2)12-16(25)23-10-6-9-15(11-23)18-19-17(20-21-18)14-7-4-3-5-8-14/h3-5,7-8,15H,6,9-12H2,1-2H3,(H,19,20,21)/t15-/m0/s1. The van der Waals surface area contributed by atoms with Gasteiger partial charge in [-0.3, -0.25) is 14.7 Å². The van der Waals surface area contributed by atoms with Gasteiger partial charge in [-0.05, 0) is 12.8 Å². The molecule has 7 nitrogen and oxygen atoms in total. The maximum atomic E-state index is 12.4. The Kier molecular flexibility index (Phi) is 5.11. The van der Waals surface area contributed by atoms with Crippen LogP contribution in [0.25, 0.3) is 11.4 Å². The number of aromatic nitrogens is 3. The molecule has 2 aromatic rings. The molecule has 0 radical (unpaired) electrons. The molecular weight excluding hydrogens is 318 g/mol. The zero-order valence-electron chi connectivity index (χ0n) is 14.6. The van der Waals surface area contributed by atoms with Gasteiger partial charge in [0.15, 0.2) is 5.82 Å². The van der Waals surface area contributed by atoms with E-state index >= 15 is 0 Å². The Morgan fingerprint density at radius 1 is 1.32 bits per heavy atom. The van der Waals surface area contributed by atoms with Crippen molar-refractivity contribution in [3.63, 3.8) is 0 Å². The molecule has 1 aliphatic heterocycles. The summed E-state index contributed by atoms with van der Waals surface area (Å²) in [4.78, 5) is 31.6. The van der Waals surface area contributed by atoms with Crippen LogP contribution in [0.15, 0.2) is 30.3 Å². The molecule has 0 spiro atoms. The molecule has 1 aromatic heterocycles. The normalized spacial score (nSPS) is 17.4. The topological polar surface area (TPSA) is 82.2 Å². The smallest absolute Gasteiger partial charge is 0.242 e. The van der Waals surface area contributed by atoms with Gasteiger partial charge in [0.2, 0.25) is 11.8 Å². The van der Waals surface area contributed by atoms with Crippen molar-refractivity contribution < 1.29 is 9.59 Å². The van der Waals surface area contributed by atoms with Crippen LogP contribution in [-0.4, -0.2) is 63.5 Å². The first-order valence-electron chi connectivity index (χ1n) is 8.52. The fourth-order valence-electron chi connectivity index (χ4n) is 3.01. The van der Waals surface area contributed by atoms with E-state index < -0.39 is 0 Å². The second-order valence-corrected chi connectivity index (χ2v) is 6.46. The fraction of sp³-hybridized carbons (Fsp3) is 0.444. The monoisotopic (exact) mass is 341 g/mol. The molecule has 2 amide bonds.